The van der Waals surface area contributed by atoms with Crippen LogP contribution in [0.4, 0.5) is 0 Å². The molecule has 0 aliphatic heterocycles. The maximum Gasteiger partial charge on any atom is 0.0771 e. The van der Waals surface area contributed by atoms with Crippen molar-refractivity contribution in [1.29, 1.82) is 0 Å². The summed E-state index contributed by atoms with van der Waals surface area (Å²) in [6.45, 7) is 1.95. The molecular formula is C14H32N2O5. The van der Waals surface area contributed by atoms with Crippen molar-refractivity contribution in [1.82, 2.24) is 4.90 Å². The fourth-order valence-electron chi connectivity index (χ4n) is 2.15. The van der Waals surface area contributed by atoms with Crippen LogP contribution in [-0.4, -0.2) is 88.1 Å². The van der Waals surface area contributed by atoms with E-state index in [0.717, 1.165) is 19.4 Å². The average molecular weight is 308 g/mol. The second kappa shape index (κ2) is 13.4. The van der Waals surface area contributed by atoms with Crippen LogP contribution in [0.15, 0.2) is 0 Å². The van der Waals surface area contributed by atoms with Crippen molar-refractivity contribution in [3.63, 3.8) is 0 Å². The lowest BCUT2D eigenvalue weighted by molar-refractivity contribution is 0.0558. The normalized spacial score (nSPS) is 16.1. The van der Waals surface area contributed by atoms with Crippen LogP contribution in [0.2, 0.25) is 0 Å². The molecule has 0 fully saturated rings. The number of nitrogens with zero attached hydrogens (tertiary/aromatic N) is 1. The molecule has 0 bridgehead atoms. The summed E-state index contributed by atoms with van der Waals surface area (Å²) in [5.41, 5.74) is 5.55. The van der Waals surface area contributed by atoms with Gasteiger partial charge in [-0.25, -0.2) is 0 Å². The number of aliphatic hydroxyl groups excluding tert-OH is 5. The summed E-state index contributed by atoms with van der Waals surface area (Å²) >= 11 is 0. The van der Waals surface area contributed by atoms with Crippen LogP contribution in [0.25, 0.3) is 0 Å². The Morgan fingerprint density at radius 1 is 0.762 bits per heavy atom. The molecule has 0 aromatic rings. The summed E-state index contributed by atoms with van der Waals surface area (Å²) in [5, 5.41) is 45.9. The van der Waals surface area contributed by atoms with Gasteiger partial charge in [-0.15, -0.1) is 0 Å². The van der Waals surface area contributed by atoms with E-state index in [0.29, 0.717) is 38.9 Å². The van der Waals surface area contributed by atoms with Crippen LogP contribution in [0.1, 0.15) is 32.1 Å². The standard InChI is InChI=1S/C14H32N2O5/c15-6-8-16(7-2-1-3-13(20)10-17)9-12(19)4-5-14(21)11-18/h12-14,17-21H,1-11,15H2. The summed E-state index contributed by atoms with van der Waals surface area (Å²) < 4.78 is 0. The Hall–Kier alpha value is -0.280. The smallest absolute Gasteiger partial charge is 0.0771 e. The van der Waals surface area contributed by atoms with E-state index >= 15 is 0 Å². The van der Waals surface area contributed by atoms with Crippen molar-refractivity contribution in [2.75, 3.05) is 39.4 Å². The molecule has 0 saturated heterocycles. The molecule has 0 amide bonds. The van der Waals surface area contributed by atoms with Gasteiger partial charge in [-0.3, -0.25) is 4.90 Å². The number of hydrogen-bond donors (Lipinski definition) is 6. The van der Waals surface area contributed by atoms with Crippen molar-refractivity contribution < 1.29 is 25.5 Å². The number of rotatable bonds is 14. The molecule has 0 radical (unpaired) electrons. The van der Waals surface area contributed by atoms with E-state index in [1.165, 1.54) is 0 Å². The molecule has 0 heterocycles. The van der Waals surface area contributed by atoms with E-state index < -0.39 is 18.3 Å². The summed E-state index contributed by atoms with van der Waals surface area (Å²) in [4.78, 5) is 2.06. The maximum atomic E-state index is 9.93. The predicted octanol–water partition coefficient (Wildman–Crippen LogP) is -1.74. The highest BCUT2D eigenvalue weighted by Gasteiger charge is 2.13. The first-order valence-corrected chi connectivity index (χ1v) is 7.71. The zero-order valence-corrected chi connectivity index (χ0v) is 12.8. The van der Waals surface area contributed by atoms with Crippen LogP contribution < -0.4 is 5.73 Å². The molecule has 21 heavy (non-hydrogen) atoms. The third-order valence-corrected chi connectivity index (χ3v) is 3.43. The molecule has 0 aliphatic carbocycles. The van der Waals surface area contributed by atoms with Gasteiger partial charge in [0.15, 0.2) is 0 Å². The molecule has 3 atom stereocenters. The van der Waals surface area contributed by atoms with Gasteiger partial charge in [-0.05, 0) is 38.6 Å². The van der Waals surface area contributed by atoms with Gasteiger partial charge >= 0.3 is 0 Å². The van der Waals surface area contributed by atoms with Gasteiger partial charge in [0.25, 0.3) is 0 Å². The first-order chi connectivity index (χ1) is 10.0. The van der Waals surface area contributed by atoms with E-state index in [9.17, 15) is 15.3 Å². The van der Waals surface area contributed by atoms with Gasteiger partial charge in [0.2, 0.25) is 0 Å². The Bertz CT molecular complexity index is 233. The Morgan fingerprint density at radius 2 is 1.33 bits per heavy atom. The quantitative estimate of drug-likeness (QED) is 0.210. The van der Waals surface area contributed by atoms with E-state index in [2.05, 4.69) is 4.90 Å². The topological polar surface area (TPSA) is 130 Å². The number of unbranched alkanes of at least 4 members (excludes halogenated alkanes) is 1. The minimum atomic E-state index is -0.775. The van der Waals surface area contributed by atoms with E-state index in [1.807, 2.05) is 0 Å². The van der Waals surface area contributed by atoms with Crippen LogP contribution in [-0.2, 0) is 0 Å². The molecule has 3 unspecified atom stereocenters. The third-order valence-electron chi connectivity index (χ3n) is 3.43. The van der Waals surface area contributed by atoms with Crippen molar-refractivity contribution in [3.05, 3.63) is 0 Å². The van der Waals surface area contributed by atoms with Gasteiger partial charge in [0, 0.05) is 19.6 Å². The molecule has 0 saturated carbocycles. The highest BCUT2D eigenvalue weighted by Crippen LogP contribution is 2.06. The first kappa shape index (κ1) is 20.7. The Kier molecular flexibility index (Phi) is 13.2. The third kappa shape index (κ3) is 12.0. The largest absolute Gasteiger partial charge is 0.394 e. The lowest BCUT2D eigenvalue weighted by atomic mass is 10.1. The molecule has 0 spiro atoms. The minimum absolute atomic E-state index is 0.210. The van der Waals surface area contributed by atoms with Crippen molar-refractivity contribution in [2.45, 2.75) is 50.4 Å². The summed E-state index contributed by atoms with van der Waals surface area (Å²) in [5.74, 6) is 0. The average Bonchev–Trinajstić information content (AvgIpc) is 2.48. The number of nitrogens with two attached hydrogens (primary N) is 1. The molecule has 7 heteroatoms. The molecule has 0 aromatic heterocycles. The highest BCUT2D eigenvalue weighted by molar-refractivity contribution is 4.68. The Morgan fingerprint density at radius 3 is 1.90 bits per heavy atom. The second-order valence-corrected chi connectivity index (χ2v) is 5.49. The van der Waals surface area contributed by atoms with Crippen molar-refractivity contribution in [2.24, 2.45) is 5.73 Å². The van der Waals surface area contributed by atoms with Gasteiger partial charge in [0.05, 0.1) is 31.5 Å². The van der Waals surface area contributed by atoms with E-state index in [1.54, 1.807) is 0 Å². The molecule has 7 nitrogen and oxygen atoms in total. The molecule has 7 N–H and O–H groups in total. The van der Waals surface area contributed by atoms with Gasteiger partial charge < -0.3 is 31.3 Å². The monoisotopic (exact) mass is 308 g/mol. The van der Waals surface area contributed by atoms with Crippen molar-refractivity contribution >= 4 is 0 Å². The Balaban J connectivity index is 3.88. The second-order valence-electron chi connectivity index (χ2n) is 5.49. The lowest BCUT2D eigenvalue weighted by Gasteiger charge is -2.25. The highest BCUT2D eigenvalue weighted by atomic mass is 16.3. The van der Waals surface area contributed by atoms with E-state index in [4.69, 9.17) is 15.9 Å². The van der Waals surface area contributed by atoms with Crippen LogP contribution in [0, 0.1) is 0 Å². The Labute approximate surface area is 127 Å². The number of aliphatic hydroxyl groups is 5. The summed E-state index contributed by atoms with van der Waals surface area (Å²) in [7, 11) is 0. The SMILES string of the molecule is NCCN(CCCCC(O)CO)CC(O)CCC(O)CO. The van der Waals surface area contributed by atoms with E-state index in [-0.39, 0.29) is 13.2 Å². The zero-order chi connectivity index (χ0) is 16.1. The molecule has 0 aromatic carbocycles. The molecule has 0 aliphatic rings. The maximum absolute atomic E-state index is 9.93. The van der Waals surface area contributed by atoms with Gasteiger partial charge in [-0.1, -0.05) is 0 Å². The first-order valence-electron chi connectivity index (χ1n) is 7.71. The van der Waals surface area contributed by atoms with Crippen LogP contribution >= 0.6 is 0 Å². The molecular weight excluding hydrogens is 276 g/mol. The van der Waals surface area contributed by atoms with Gasteiger partial charge in [0.1, 0.15) is 0 Å². The van der Waals surface area contributed by atoms with Gasteiger partial charge in [-0.2, -0.15) is 0 Å². The summed E-state index contributed by atoms with van der Waals surface area (Å²) in [6.07, 6.45) is 1.06. The zero-order valence-electron chi connectivity index (χ0n) is 12.8. The van der Waals surface area contributed by atoms with Crippen LogP contribution in [0.5, 0.6) is 0 Å². The molecule has 0 rings (SSSR count). The molecule has 128 valence electrons. The minimum Gasteiger partial charge on any atom is -0.394 e. The van der Waals surface area contributed by atoms with Crippen molar-refractivity contribution in [3.8, 4) is 0 Å². The lowest BCUT2D eigenvalue weighted by Crippen LogP contribution is -2.37. The van der Waals surface area contributed by atoms with Crippen LogP contribution in [0.3, 0.4) is 0 Å². The number of hydrogen-bond acceptors (Lipinski definition) is 7. The fourth-order valence-corrected chi connectivity index (χ4v) is 2.15. The fraction of sp³-hybridized carbons (Fsp3) is 1.00. The predicted molar refractivity (Wildman–Crippen MR) is 80.8 cm³/mol. The summed E-state index contributed by atoms with van der Waals surface area (Å²) in [6, 6.07) is 0.